The van der Waals surface area contributed by atoms with Gasteiger partial charge in [0.1, 0.15) is 6.10 Å². The number of hydrogen-bond acceptors (Lipinski definition) is 5. The third-order valence-corrected chi connectivity index (χ3v) is 8.38. The highest BCUT2D eigenvalue weighted by Gasteiger charge is 2.42. The van der Waals surface area contributed by atoms with Gasteiger partial charge in [0.15, 0.2) is 0 Å². The van der Waals surface area contributed by atoms with Gasteiger partial charge in [0, 0.05) is 50.1 Å². The van der Waals surface area contributed by atoms with Crippen LogP contribution in [-0.4, -0.2) is 87.7 Å². The van der Waals surface area contributed by atoms with Gasteiger partial charge in [-0.25, -0.2) is 13.6 Å². The first-order valence-corrected chi connectivity index (χ1v) is 13.9. The van der Waals surface area contributed by atoms with Gasteiger partial charge in [0.25, 0.3) is 5.91 Å². The van der Waals surface area contributed by atoms with Crippen LogP contribution in [0.4, 0.5) is 22.0 Å². The number of benzene rings is 1. The molecule has 1 aromatic carbocycles. The number of fused-ring (bicyclic) bond motifs is 2. The molecule has 2 heterocycles. The summed E-state index contributed by atoms with van der Waals surface area (Å²) in [4.78, 5) is 37.4. The Labute approximate surface area is 235 Å². The quantitative estimate of drug-likeness (QED) is 0.390. The minimum absolute atomic E-state index is 0.0577. The van der Waals surface area contributed by atoms with E-state index in [1.54, 1.807) is 11.0 Å². The summed E-state index contributed by atoms with van der Waals surface area (Å²) in [5, 5.41) is 17.0. The smallest absolute Gasteiger partial charge is 0.475 e. The first kappa shape index (κ1) is 32.7. The predicted molar refractivity (Wildman–Crippen MR) is 139 cm³/mol. The van der Waals surface area contributed by atoms with Crippen molar-refractivity contribution in [1.82, 2.24) is 9.80 Å². The number of aliphatic hydroxyl groups excluding tert-OH is 1. The molecule has 3 fully saturated rings. The first-order valence-electron chi connectivity index (χ1n) is 13.9. The first-order chi connectivity index (χ1) is 19.1. The minimum atomic E-state index is -5.08. The molecule has 41 heavy (non-hydrogen) atoms. The molecule has 1 aromatic rings. The van der Waals surface area contributed by atoms with E-state index in [2.05, 4.69) is 11.0 Å². The van der Waals surface area contributed by atoms with Crippen LogP contribution in [0.25, 0.3) is 0 Å². The number of nitrogens with two attached hydrogens (primary N) is 1. The van der Waals surface area contributed by atoms with Gasteiger partial charge in [-0.3, -0.25) is 14.5 Å². The maximum atomic E-state index is 13.6. The third kappa shape index (κ3) is 9.09. The molecule has 13 heteroatoms. The Morgan fingerprint density at radius 3 is 2.15 bits per heavy atom. The van der Waals surface area contributed by atoms with Crippen molar-refractivity contribution in [2.24, 2.45) is 11.7 Å². The van der Waals surface area contributed by atoms with E-state index >= 15 is 0 Å². The van der Waals surface area contributed by atoms with Crippen molar-refractivity contribution >= 4 is 17.8 Å². The average Bonchev–Trinajstić information content (AvgIpc) is 3.13. The van der Waals surface area contributed by atoms with Crippen LogP contribution in [0.1, 0.15) is 80.1 Å². The lowest BCUT2D eigenvalue weighted by Crippen LogP contribution is -2.49. The average molecular weight is 592 g/mol. The van der Waals surface area contributed by atoms with Crippen LogP contribution in [0.3, 0.4) is 0 Å². The predicted octanol–water partition coefficient (Wildman–Crippen LogP) is 4.16. The molecule has 2 aliphatic heterocycles. The van der Waals surface area contributed by atoms with E-state index in [0.717, 1.165) is 37.8 Å². The van der Waals surface area contributed by atoms with Crippen molar-refractivity contribution in [3.05, 3.63) is 35.4 Å². The maximum Gasteiger partial charge on any atom is 0.490 e. The molecule has 1 unspecified atom stereocenters. The molecule has 4 atom stereocenters. The number of carbonyl (C=O) groups excluding carboxylic acids is 2. The van der Waals surface area contributed by atoms with Crippen molar-refractivity contribution in [2.45, 2.75) is 94.5 Å². The molecular formula is C28H38F5N3O5. The van der Waals surface area contributed by atoms with Gasteiger partial charge in [0.05, 0.1) is 0 Å². The molecule has 230 valence electrons. The van der Waals surface area contributed by atoms with Crippen molar-refractivity contribution in [3.63, 3.8) is 0 Å². The number of nitrogens with zero attached hydrogens (tertiary/aromatic N) is 2. The minimum Gasteiger partial charge on any atom is -0.475 e. The van der Waals surface area contributed by atoms with Crippen molar-refractivity contribution < 1.29 is 46.5 Å². The summed E-state index contributed by atoms with van der Waals surface area (Å²) in [6.45, 7) is 3.14. The number of carbonyl (C=O) groups is 3. The lowest BCUT2D eigenvalue weighted by Gasteiger charge is -2.41. The second kappa shape index (κ2) is 13.5. The lowest BCUT2D eigenvalue weighted by molar-refractivity contribution is -0.192. The van der Waals surface area contributed by atoms with Crippen LogP contribution < -0.4 is 5.73 Å². The summed E-state index contributed by atoms with van der Waals surface area (Å²) in [5.41, 5.74) is 7.16. The summed E-state index contributed by atoms with van der Waals surface area (Å²) in [5.74, 6) is -5.63. The summed E-state index contributed by atoms with van der Waals surface area (Å²) in [6.07, 6.45) is -1.37. The van der Waals surface area contributed by atoms with E-state index in [9.17, 15) is 36.6 Å². The van der Waals surface area contributed by atoms with Gasteiger partial charge in [0.2, 0.25) is 11.8 Å². The molecule has 3 aliphatic rings. The zero-order chi connectivity index (χ0) is 30.5. The van der Waals surface area contributed by atoms with E-state index in [1.165, 1.54) is 6.92 Å². The number of halogens is 5. The highest BCUT2D eigenvalue weighted by Crippen LogP contribution is 2.43. The van der Waals surface area contributed by atoms with Gasteiger partial charge in [-0.15, -0.1) is 0 Å². The molecule has 4 rings (SSSR count). The zero-order valence-electron chi connectivity index (χ0n) is 23.0. The largest absolute Gasteiger partial charge is 0.490 e. The second-order valence-electron chi connectivity index (χ2n) is 11.3. The molecule has 4 N–H and O–H groups in total. The van der Waals surface area contributed by atoms with Crippen LogP contribution in [0.2, 0.25) is 0 Å². The standard InChI is InChI=1S/C26H37F2N3O3.C2HF3O2/c1-17(32)25(34)30(16-18-7-9-26(27,28)10-8-18)11-12-31-22-5-6-23(31)15-21(14-22)19-3-2-4-20(13-19)24(29)33;3-2(4,5)1(6)7/h2-4,13,17-18,21-23,32H,5-12,14-16H2,1H3,(H2,29,33);(H,6,7)/t17-,21?,22-,23+;/m0./s1. The van der Waals surface area contributed by atoms with Crippen LogP contribution in [-0.2, 0) is 9.59 Å². The monoisotopic (exact) mass is 591 g/mol. The van der Waals surface area contributed by atoms with Gasteiger partial charge in [-0.2, -0.15) is 13.2 Å². The number of rotatable bonds is 8. The van der Waals surface area contributed by atoms with Gasteiger partial charge in [-0.05, 0) is 75.0 Å². The summed E-state index contributed by atoms with van der Waals surface area (Å²) < 4.78 is 58.8. The molecule has 0 spiro atoms. The van der Waals surface area contributed by atoms with E-state index in [0.29, 0.717) is 49.5 Å². The number of alkyl halides is 5. The molecular weight excluding hydrogens is 553 g/mol. The fourth-order valence-corrected chi connectivity index (χ4v) is 6.24. The number of amides is 2. The fraction of sp³-hybridized carbons (Fsp3) is 0.679. The van der Waals surface area contributed by atoms with Crippen molar-refractivity contribution in [3.8, 4) is 0 Å². The highest BCUT2D eigenvalue weighted by atomic mass is 19.4. The Morgan fingerprint density at radius 2 is 1.66 bits per heavy atom. The molecule has 2 saturated heterocycles. The lowest BCUT2D eigenvalue weighted by atomic mass is 9.84. The Morgan fingerprint density at radius 1 is 1.10 bits per heavy atom. The Hall–Kier alpha value is -2.80. The zero-order valence-corrected chi connectivity index (χ0v) is 23.0. The molecule has 8 nitrogen and oxygen atoms in total. The van der Waals surface area contributed by atoms with Crippen LogP contribution in [0.5, 0.6) is 0 Å². The van der Waals surface area contributed by atoms with Crippen LogP contribution in [0.15, 0.2) is 24.3 Å². The molecule has 2 amide bonds. The molecule has 1 aliphatic carbocycles. The van der Waals surface area contributed by atoms with E-state index < -0.39 is 30.1 Å². The number of hydrogen-bond donors (Lipinski definition) is 3. The number of carboxylic acid groups (broad SMARTS) is 1. The number of carboxylic acids is 1. The Kier molecular flexibility index (Phi) is 10.7. The fourth-order valence-electron chi connectivity index (χ4n) is 6.24. The summed E-state index contributed by atoms with van der Waals surface area (Å²) >= 11 is 0. The van der Waals surface area contributed by atoms with E-state index in [4.69, 9.17) is 15.6 Å². The van der Waals surface area contributed by atoms with Crippen molar-refractivity contribution in [1.29, 1.82) is 0 Å². The normalized spacial score (nSPS) is 25.1. The highest BCUT2D eigenvalue weighted by molar-refractivity contribution is 5.92. The summed E-state index contributed by atoms with van der Waals surface area (Å²) in [6, 6.07) is 8.46. The number of primary amides is 1. The second-order valence-corrected chi connectivity index (χ2v) is 11.3. The molecule has 1 saturated carbocycles. The number of piperidine rings is 1. The van der Waals surface area contributed by atoms with E-state index in [-0.39, 0.29) is 24.7 Å². The molecule has 0 radical (unpaired) electrons. The van der Waals surface area contributed by atoms with Crippen LogP contribution >= 0.6 is 0 Å². The third-order valence-electron chi connectivity index (χ3n) is 8.38. The van der Waals surface area contributed by atoms with Gasteiger partial charge < -0.3 is 20.8 Å². The maximum absolute atomic E-state index is 13.6. The number of aliphatic hydroxyl groups is 1. The van der Waals surface area contributed by atoms with E-state index in [1.807, 2.05) is 12.1 Å². The molecule has 0 aromatic heterocycles. The topological polar surface area (TPSA) is 124 Å². The van der Waals surface area contributed by atoms with Crippen LogP contribution in [0, 0.1) is 5.92 Å². The Balaban J connectivity index is 0.000000587. The number of aliphatic carboxylic acids is 1. The molecule has 2 bridgehead atoms. The van der Waals surface area contributed by atoms with Gasteiger partial charge >= 0.3 is 12.1 Å². The summed E-state index contributed by atoms with van der Waals surface area (Å²) in [7, 11) is 0. The Bertz CT molecular complexity index is 1060. The van der Waals surface area contributed by atoms with Gasteiger partial charge in [-0.1, -0.05) is 12.1 Å². The SMILES string of the molecule is C[C@H](O)C(=O)N(CCN1[C@@H]2CC[C@H]1CC(c1cccc(C(N)=O)c1)C2)CC1CCC(F)(F)CC1.O=C(O)C(F)(F)F. The van der Waals surface area contributed by atoms with Crippen molar-refractivity contribution in [2.75, 3.05) is 19.6 Å².